The zero-order chi connectivity index (χ0) is 14.0. The van der Waals surface area contributed by atoms with Crippen LogP contribution in [0.5, 0.6) is 0 Å². The van der Waals surface area contributed by atoms with Crippen LogP contribution in [-0.2, 0) is 0 Å². The minimum absolute atomic E-state index is 0.133. The third-order valence-electron chi connectivity index (χ3n) is 2.98. The van der Waals surface area contributed by atoms with Gasteiger partial charge in [-0.2, -0.15) is 0 Å². The highest BCUT2D eigenvalue weighted by Crippen LogP contribution is 2.26. The van der Waals surface area contributed by atoms with E-state index in [0.29, 0.717) is 10.6 Å². The van der Waals surface area contributed by atoms with Crippen molar-refractivity contribution in [1.82, 2.24) is 0 Å². The van der Waals surface area contributed by atoms with Gasteiger partial charge in [0.15, 0.2) is 0 Å². The molecule has 0 spiro atoms. The molecule has 1 unspecified atom stereocenters. The van der Waals surface area contributed by atoms with Gasteiger partial charge in [0.1, 0.15) is 5.82 Å². The standard InChI is InChI=1S/C15H14BrClFN/c1-9-3-5-12(8-14(9)17)19-10(2)13-6-4-11(16)7-15(13)18/h3-8,10,19H,1-2H3. The van der Waals surface area contributed by atoms with Crippen molar-refractivity contribution in [2.24, 2.45) is 0 Å². The molecular weight excluding hydrogens is 329 g/mol. The van der Waals surface area contributed by atoms with Crippen LogP contribution in [0.25, 0.3) is 0 Å². The van der Waals surface area contributed by atoms with Gasteiger partial charge in [-0.15, -0.1) is 0 Å². The van der Waals surface area contributed by atoms with Crippen LogP contribution in [0.2, 0.25) is 5.02 Å². The van der Waals surface area contributed by atoms with Crippen LogP contribution in [0.3, 0.4) is 0 Å². The zero-order valence-electron chi connectivity index (χ0n) is 10.7. The summed E-state index contributed by atoms with van der Waals surface area (Å²) >= 11 is 9.33. The molecule has 0 aliphatic carbocycles. The van der Waals surface area contributed by atoms with Crippen molar-refractivity contribution in [2.75, 3.05) is 5.32 Å². The summed E-state index contributed by atoms with van der Waals surface area (Å²) in [4.78, 5) is 0. The normalized spacial score (nSPS) is 12.3. The fourth-order valence-electron chi connectivity index (χ4n) is 1.86. The Balaban J connectivity index is 2.20. The molecule has 0 aliphatic rings. The monoisotopic (exact) mass is 341 g/mol. The van der Waals surface area contributed by atoms with E-state index in [2.05, 4.69) is 21.2 Å². The van der Waals surface area contributed by atoms with Crippen LogP contribution in [0, 0.1) is 12.7 Å². The Morgan fingerprint density at radius 2 is 1.95 bits per heavy atom. The lowest BCUT2D eigenvalue weighted by Gasteiger charge is -2.17. The molecule has 2 aromatic carbocycles. The summed E-state index contributed by atoms with van der Waals surface area (Å²) in [5, 5.41) is 3.95. The van der Waals surface area contributed by atoms with E-state index in [9.17, 15) is 4.39 Å². The molecule has 0 fully saturated rings. The number of aryl methyl sites for hydroxylation is 1. The quantitative estimate of drug-likeness (QED) is 0.752. The molecule has 2 rings (SSSR count). The molecule has 1 atom stereocenters. The molecule has 0 radical (unpaired) electrons. The Morgan fingerprint density at radius 1 is 1.21 bits per heavy atom. The number of halogens is 3. The maximum atomic E-state index is 13.9. The molecule has 0 heterocycles. The Bertz CT molecular complexity index is 601. The first-order valence-corrected chi connectivity index (χ1v) is 7.12. The molecule has 0 bridgehead atoms. The predicted molar refractivity (Wildman–Crippen MR) is 82.3 cm³/mol. The number of hydrogen-bond acceptors (Lipinski definition) is 1. The summed E-state index contributed by atoms with van der Waals surface area (Å²) in [7, 11) is 0. The summed E-state index contributed by atoms with van der Waals surface area (Å²) in [6.45, 7) is 3.87. The average molecular weight is 343 g/mol. The summed E-state index contributed by atoms with van der Waals surface area (Å²) in [5.74, 6) is -0.229. The van der Waals surface area contributed by atoms with Gasteiger partial charge in [0, 0.05) is 20.7 Å². The zero-order valence-corrected chi connectivity index (χ0v) is 13.0. The topological polar surface area (TPSA) is 12.0 Å². The minimum atomic E-state index is -0.229. The fraction of sp³-hybridized carbons (Fsp3) is 0.200. The molecule has 0 aliphatic heterocycles. The molecule has 0 amide bonds. The number of nitrogens with one attached hydrogen (secondary N) is 1. The van der Waals surface area contributed by atoms with E-state index in [0.717, 1.165) is 15.7 Å². The van der Waals surface area contributed by atoms with Gasteiger partial charge in [-0.05, 0) is 43.7 Å². The number of hydrogen-bond donors (Lipinski definition) is 1. The van der Waals surface area contributed by atoms with Crippen LogP contribution in [-0.4, -0.2) is 0 Å². The van der Waals surface area contributed by atoms with Crippen molar-refractivity contribution in [3.63, 3.8) is 0 Å². The molecular formula is C15H14BrClFN. The minimum Gasteiger partial charge on any atom is -0.378 e. The molecule has 0 saturated heterocycles. The molecule has 100 valence electrons. The van der Waals surface area contributed by atoms with Crippen LogP contribution < -0.4 is 5.32 Å². The van der Waals surface area contributed by atoms with E-state index in [-0.39, 0.29) is 11.9 Å². The van der Waals surface area contributed by atoms with Crippen molar-refractivity contribution >= 4 is 33.2 Å². The average Bonchev–Trinajstić information content (AvgIpc) is 2.33. The fourth-order valence-corrected chi connectivity index (χ4v) is 2.38. The maximum absolute atomic E-state index is 13.9. The van der Waals surface area contributed by atoms with Crippen molar-refractivity contribution in [3.8, 4) is 0 Å². The van der Waals surface area contributed by atoms with Crippen molar-refractivity contribution < 1.29 is 4.39 Å². The Hall–Kier alpha value is -1.06. The first-order chi connectivity index (χ1) is 8.97. The first kappa shape index (κ1) is 14.4. The van der Waals surface area contributed by atoms with Crippen molar-refractivity contribution in [1.29, 1.82) is 0 Å². The second-order valence-electron chi connectivity index (χ2n) is 4.50. The number of benzene rings is 2. The molecule has 0 aromatic heterocycles. The lowest BCUT2D eigenvalue weighted by Crippen LogP contribution is -2.08. The number of rotatable bonds is 3. The van der Waals surface area contributed by atoms with Crippen LogP contribution in [0.15, 0.2) is 40.9 Å². The highest BCUT2D eigenvalue weighted by Gasteiger charge is 2.11. The van der Waals surface area contributed by atoms with Gasteiger partial charge in [0.05, 0.1) is 6.04 Å². The van der Waals surface area contributed by atoms with Gasteiger partial charge >= 0.3 is 0 Å². The third-order valence-corrected chi connectivity index (χ3v) is 3.88. The van der Waals surface area contributed by atoms with Crippen LogP contribution in [0.1, 0.15) is 24.1 Å². The molecule has 1 N–H and O–H groups in total. The molecule has 4 heteroatoms. The Kier molecular flexibility index (Phi) is 4.48. The van der Waals surface area contributed by atoms with E-state index >= 15 is 0 Å². The smallest absolute Gasteiger partial charge is 0.129 e. The van der Waals surface area contributed by atoms with E-state index in [1.165, 1.54) is 6.07 Å². The molecule has 1 nitrogen and oxygen atoms in total. The van der Waals surface area contributed by atoms with Crippen LogP contribution >= 0.6 is 27.5 Å². The largest absolute Gasteiger partial charge is 0.378 e. The van der Waals surface area contributed by atoms with Crippen molar-refractivity contribution in [3.05, 3.63) is 62.8 Å². The SMILES string of the molecule is Cc1ccc(NC(C)c2ccc(Br)cc2F)cc1Cl. The van der Waals surface area contributed by atoms with E-state index in [1.807, 2.05) is 38.1 Å². The van der Waals surface area contributed by atoms with Gasteiger partial charge < -0.3 is 5.32 Å². The summed E-state index contributed by atoms with van der Waals surface area (Å²) in [5.41, 5.74) is 2.53. The summed E-state index contributed by atoms with van der Waals surface area (Å²) in [6, 6.07) is 10.7. The lowest BCUT2D eigenvalue weighted by atomic mass is 10.1. The molecule has 2 aromatic rings. The maximum Gasteiger partial charge on any atom is 0.129 e. The summed E-state index contributed by atoms with van der Waals surface area (Å²) < 4.78 is 14.6. The van der Waals surface area contributed by atoms with Crippen molar-refractivity contribution in [2.45, 2.75) is 19.9 Å². The molecule has 19 heavy (non-hydrogen) atoms. The number of anilines is 1. The van der Waals surface area contributed by atoms with Gasteiger partial charge in [0.2, 0.25) is 0 Å². The molecule has 0 saturated carbocycles. The van der Waals surface area contributed by atoms with Gasteiger partial charge in [-0.1, -0.05) is 39.7 Å². The Morgan fingerprint density at radius 3 is 2.58 bits per heavy atom. The van der Waals surface area contributed by atoms with E-state index < -0.39 is 0 Å². The Labute approximate surface area is 125 Å². The first-order valence-electron chi connectivity index (χ1n) is 5.95. The lowest BCUT2D eigenvalue weighted by molar-refractivity contribution is 0.599. The summed E-state index contributed by atoms with van der Waals surface area (Å²) in [6.07, 6.45) is 0. The second-order valence-corrected chi connectivity index (χ2v) is 5.82. The highest BCUT2D eigenvalue weighted by molar-refractivity contribution is 9.10. The van der Waals surface area contributed by atoms with E-state index in [1.54, 1.807) is 6.07 Å². The van der Waals surface area contributed by atoms with Gasteiger partial charge in [0.25, 0.3) is 0 Å². The van der Waals surface area contributed by atoms with Crippen LogP contribution in [0.4, 0.5) is 10.1 Å². The predicted octanol–water partition coefficient (Wildman–Crippen LogP) is 5.72. The third kappa shape index (κ3) is 3.48. The highest BCUT2D eigenvalue weighted by atomic mass is 79.9. The van der Waals surface area contributed by atoms with E-state index in [4.69, 9.17) is 11.6 Å². The second kappa shape index (κ2) is 5.93. The van der Waals surface area contributed by atoms with Gasteiger partial charge in [-0.25, -0.2) is 4.39 Å². The van der Waals surface area contributed by atoms with Gasteiger partial charge in [-0.3, -0.25) is 0 Å².